The number of benzene rings is 1. The van der Waals surface area contributed by atoms with Crippen molar-refractivity contribution in [1.29, 1.82) is 0 Å². The van der Waals surface area contributed by atoms with Gasteiger partial charge in [-0.3, -0.25) is 4.79 Å². The Morgan fingerprint density at radius 1 is 1.35 bits per heavy atom. The Bertz CT molecular complexity index is 980. The van der Waals surface area contributed by atoms with Crippen molar-refractivity contribution in [3.05, 3.63) is 23.9 Å². The zero-order chi connectivity index (χ0) is 19.1. The smallest absolute Gasteiger partial charge is 0.354 e. The lowest BCUT2D eigenvalue weighted by Crippen LogP contribution is -2.30. The van der Waals surface area contributed by atoms with E-state index in [1.807, 2.05) is 18.6 Å². The summed E-state index contributed by atoms with van der Waals surface area (Å²) < 4.78 is 32.0. The van der Waals surface area contributed by atoms with Crippen LogP contribution >= 0.6 is 0 Å². The Labute approximate surface area is 150 Å². The fourth-order valence-electron chi connectivity index (χ4n) is 2.64. The van der Waals surface area contributed by atoms with Crippen molar-refractivity contribution in [2.24, 2.45) is 5.92 Å². The SMILES string of the molecule is CC(C)CCOC(=O)c1cc2cc(N)c(N3CC(=O)NS3(=O)=O)cc2[nH]1. The zero-order valence-corrected chi connectivity index (χ0v) is 15.2. The molecule has 2 heterocycles. The molecule has 3 rings (SSSR count). The van der Waals surface area contributed by atoms with Crippen LogP contribution in [-0.4, -0.2) is 38.4 Å². The zero-order valence-electron chi connectivity index (χ0n) is 14.4. The number of ether oxygens (including phenoxy) is 1. The number of anilines is 2. The van der Waals surface area contributed by atoms with E-state index in [4.69, 9.17) is 10.5 Å². The Hall–Kier alpha value is -2.75. The number of nitrogens with one attached hydrogen (secondary N) is 2. The first kappa shape index (κ1) is 18.1. The average Bonchev–Trinajstić information content (AvgIpc) is 3.05. The van der Waals surface area contributed by atoms with E-state index in [2.05, 4.69) is 4.98 Å². The van der Waals surface area contributed by atoms with Gasteiger partial charge >= 0.3 is 16.2 Å². The number of rotatable bonds is 5. The summed E-state index contributed by atoms with van der Waals surface area (Å²) >= 11 is 0. The van der Waals surface area contributed by atoms with Gasteiger partial charge in [0.15, 0.2) is 0 Å². The van der Waals surface area contributed by atoms with Crippen LogP contribution in [0.4, 0.5) is 11.4 Å². The number of nitrogen functional groups attached to an aromatic ring is 1. The number of carbonyl (C=O) groups is 2. The van der Waals surface area contributed by atoms with Gasteiger partial charge in [0.25, 0.3) is 5.91 Å². The van der Waals surface area contributed by atoms with E-state index in [0.717, 1.165) is 10.7 Å². The summed E-state index contributed by atoms with van der Waals surface area (Å²) in [5.74, 6) is -0.704. The number of aromatic nitrogens is 1. The molecule has 0 radical (unpaired) electrons. The van der Waals surface area contributed by atoms with Gasteiger partial charge in [0.05, 0.1) is 18.0 Å². The number of hydrogen-bond acceptors (Lipinski definition) is 6. The van der Waals surface area contributed by atoms with E-state index >= 15 is 0 Å². The minimum absolute atomic E-state index is 0.164. The standard InChI is InChI=1S/C16H20N4O5S/c1-9(2)3-4-25-16(22)13-6-10-5-11(17)14(7-12(10)18-13)20-8-15(21)19-26(20,23)24/h5-7,9,18H,3-4,8,17H2,1-2H3,(H,19,21). The number of hydrogen-bond donors (Lipinski definition) is 3. The molecule has 140 valence electrons. The monoisotopic (exact) mass is 380 g/mol. The van der Waals surface area contributed by atoms with Crippen molar-refractivity contribution < 1.29 is 22.7 Å². The van der Waals surface area contributed by atoms with Crippen LogP contribution in [0.15, 0.2) is 18.2 Å². The van der Waals surface area contributed by atoms with Crippen molar-refractivity contribution in [3.8, 4) is 0 Å². The summed E-state index contributed by atoms with van der Waals surface area (Å²) in [4.78, 5) is 26.4. The van der Waals surface area contributed by atoms with Crippen LogP contribution in [0, 0.1) is 5.92 Å². The summed E-state index contributed by atoms with van der Waals surface area (Å²) in [6, 6.07) is 4.63. The maximum atomic E-state index is 12.1. The fraction of sp³-hybridized carbons (Fsp3) is 0.375. The fourth-order valence-corrected chi connectivity index (χ4v) is 3.81. The van der Waals surface area contributed by atoms with Gasteiger partial charge in [-0.05, 0) is 30.5 Å². The van der Waals surface area contributed by atoms with Gasteiger partial charge in [-0.25, -0.2) is 13.8 Å². The quantitative estimate of drug-likeness (QED) is 0.526. The van der Waals surface area contributed by atoms with Crippen LogP contribution in [-0.2, 0) is 19.7 Å². The van der Waals surface area contributed by atoms with Crippen LogP contribution in [0.25, 0.3) is 10.9 Å². The molecule has 4 N–H and O–H groups in total. The van der Waals surface area contributed by atoms with Gasteiger partial charge in [-0.15, -0.1) is 0 Å². The van der Waals surface area contributed by atoms with E-state index in [-0.39, 0.29) is 23.6 Å². The third-order valence-electron chi connectivity index (χ3n) is 4.01. The minimum atomic E-state index is -3.96. The molecule has 0 unspecified atom stereocenters. The molecule has 26 heavy (non-hydrogen) atoms. The summed E-state index contributed by atoms with van der Waals surface area (Å²) in [5, 5.41) is 0.637. The number of carbonyl (C=O) groups excluding carboxylic acids is 2. The van der Waals surface area contributed by atoms with Crippen molar-refractivity contribution >= 4 is 44.4 Å². The molecule has 1 aromatic carbocycles. The highest BCUT2D eigenvalue weighted by atomic mass is 32.2. The van der Waals surface area contributed by atoms with Gasteiger partial charge in [-0.2, -0.15) is 8.42 Å². The van der Waals surface area contributed by atoms with Gasteiger partial charge < -0.3 is 15.5 Å². The van der Waals surface area contributed by atoms with E-state index in [1.165, 1.54) is 6.07 Å². The first-order chi connectivity index (χ1) is 12.2. The number of H-pyrrole nitrogens is 1. The molecule has 1 aliphatic rings. The largest absolute Gasteiger partial charge is 0.461 e. The number of amides is 1. The molecule has 0 saturated carbocycles. The first-order valence-electron chi connectivity index (χ1n) is 8.10. The molecule has 10 heteroatoms. The van der Waals surface area contributed by atoms with Crippen LogP contribution in [0.1, 0.15) is 30.8 Å². The van der Waals surface area contributed by atoms with E-state index in [1.54, 1.807) is 12.1 Å². The van der Waals surface area contributed by atoms with Crippen molar-refractivity contribution in [2.75, 3.05) is 23.2 Å². The number of aromatic amines is 1. The van der Waals surface area contributed by atoms with Crippen molar-refractivity contribution in [2.45, 2.75) is 20.3 Å². The number of esters is 1. The van der Waals surface area contributed by atoms with Crippen LogP contribution < -0.4 is 14.8 Å². The molecule has 1 amide bonds. The lowest BCUT2D eigenvalue weighted by molar-refractivity contribution is -0.117. The molecule has 0 spiro atoms. The minimum Gasteiger partial charge on any atom is -0.461 e. The van der Waals surface area contributed by atoms with Gasteiger partial charge in [-0.1, -0.05) is 13.8 Å². The van der Waals surface area contributed by atoms with E-state index in [0.29, 0.717) is 23.4 Å². The predicted octanol–water partition coefficient (Wildman–Crippen LogP) is 1.13. The lowest BCUT2D eigenvalue weighted by atomic mass is 10.1. The molecule has 2 aromatic rings. The third kappa shape index (κ3) is 3.45. The lowest BCUT2D eigenvalue weighted by Gasteiger charge is -2.16. The summed E-state index contributed by atoms with van der Waals surface area (Å²) in [5.41, 5.74) is 7.06. The predicted molar refractivity (Wildman–Crippen MR) is 96.9 cm³/mol. The molecule has 1 aromatic heterocycles. The van der Waals surface area contributed by atoms with Crippen LogP contribution in [0.5, 0.6) is 0 Å². The van der Waals surface area contributed by atoms with Crippen LogP contribution in [0.3, 0.4) is 0 Å². The number of nitrogens with zero attached hydrogens (tertiary/aromatic N) is 1. The van der Waals surface area contributed by atoms with E-state index in [9.17, 15) is 18.0 Å². The Morgan fingerprint density at radius 2 is 2.08 bits per heavy atom. The average molecular weight is 380 g/mol. The molecule has 0 aliphatic carbocycles. The second-order valence-corrected chi connectivity index (χ2v) is 8.13. The number of nitrogens with two attached hydrogens (primary N) is 1. The van der Waals surface area contributed by atoms with E-state index < -0.39 is 22.1 Å². The summed E-state index contributed by atoms with van der Waals surface area (Å²) in [7, 11) is -3.96. The highest BCUT2D eigenvalue weighted by molar-refractivity contribution is 7.92. The first-order valence-corrected chi connectivity index (χ1v) is 9.54. The molecule has 0 atom stereocenters. The highest BCUT2D eigenvalue weighted by Crippen LogP contribution is 2.32. The number of fused-ring (bicyclic) bond motifs is 1. The summed E-state index contributed by atoms with van der Waals surface area (Å²) in [6.07, 6.45) is 0.761. The van der Waals surface area contributed by atoms with Crippen molar-refractivity contribution in [1.82, 2.24) is 9.71 Å². The van der Waals surface area contributed by atoms with Crippen molar-refractivity contribution in [3.63, 3.8) is 0 Å². The summed E-state index contributed by atoms with van der Waals surface area (Å²) in [6.45, 7) is 4.04. The molecule has 9 nitrogen and oxygen atoms in total. The molecule has 1 saturated heterocycles. The molecule has 1 fully saturated rings. The van der Waals surface area contributed by atoms with Gasteiger partial charge in [0.1, 0.15) is 12.2 Å². The molecule has 0 bridgehead atoms. The Kier molecular flexibility index (Phi) is 4.53. The second-order valence-electron chi connectivity index (χ2n) is 6.54. The molecular formula is C16H20N4O5S. The van der Waals surface area contributed by atoms with Gasteiger partial charge in [0, 0.05) is 10.9 Å². The van der Waals surface area contributed by atoms with Gasteiger partial charge in [0.2, 0.25) is 0 Å². The maximum Gasteiger partial charge on any atom is 0.354 e. The third-order valence-corrected chi connectivity index (χ3v) is 5.40. The Morgan fingerprint density at radius 3 is 2.69 bits per heavy atom. The maximum absolute atomic E-state index is 12.1. The topological polar surface area (TPSA) is 135 Å². The van der Waals surface area contributed by atoms with Crippen LogP contribution in [0.2, 0.25) is 0 Å². The Balaban J connectivity index is 1.89. The second kappa shape index (κ2) is 6.52. The molecular weight excluding hydrogens is 360 g/mol. The normalized spacial score (nSPS) is 16.3. The highest BCUT2D eigenvalue weighted by Gasteiger charge is 2.35. The molecule has 1 aliphatic heterocycles.